The second-order valence-corrected chi connectivity index (χ2v) is 3.77. The summed E-state index contributed by atoms with van der Waals surface area (Å²) in [7, 11) is 1.29. The predicted molar refractivity (Wildman–Crippen MR) is 62.1 cm³/mol. The quantitative estimate of drug-likeness (QED) is 0.776. The van der Waals surface area contributed by atoms with Gasteiger partial charge in [0.1, 0.15) is 0 Å². The third-order valence-electron chi connectivity index (χ3n) is 2.65. The predicted octanol–water partition coefficient (Wildman–Crippen LogP) is 2.10. The van der Waals surface area contributed by atoms with Crippen molar-refractivity contribution in [3.8, 4) is 0 Å². The molecule has 0 spiro atoms. The molecule has 0 saturated heterocycles. The average Bonchev–Trinajstić information content (AvgIpc) is 2.35. The van der Waals surface area contributed by atoms with E-state index in [0.717, 1.165) is 18.4 Å². The molecule has 0 aliphatic rings. The Morgan fingerprint density at radius 2 is 2.00 bits per heavy atom. The molecule has 0 heterocycles. The maximum absolute atomic E-state index is 11.3. The molecule has 16 heavy (non-hydrogen) atoms. The highest BCUT2D eigenvalue weighted by Gasteiger charge is 2.27. The van der Waals surface area contributed by atoms with Gasteiger partial charge in [0, 0.05) is 5.92 Å². The summed E-state index contributed by atoms with van der Waals surface area (Å²) in [6.45, 7) is 2.03. The normalized spacial score (nSPS) is 14.2. The van der Waals surface area contributed by atoms with Crippen LogP contribution in [0.25, 0.3) is 0 Å². The van der Waals surface area contributed by atoms with Gasteiger partial charge in [-0.3, -0.25) is 0 Å². The van der Waals surface area contributed by atoms with E-state index in [-0.39, 0.29) is 5.92 Å². The Hall–Kier alpha value is -1.35. The molecule has 0 radical (unpaired) electrons. The molecular formula is C13H18O3. The third kappa shape index (κ3) is 3.07. The number of methoxy groups -OCH3 is 1. The zero-order valence-electron chi connectivity index (χ0n) is 9.72. The Bertz CT molecular complexity index is 321. The van der Waals surface area contributed by atoms with Gasteiger partial charge in [-0.2, -0.15) is 0 Å². The van der Waals surface area contributed by atoms with Crippen LogP contribution in [0.2, 0.25) is 0 Å². The molecule has 0 saturated carbocycles. The largest absolute Gasteiger partial charge is 0.467 e. The van der Waals surface area contributed by atoms with Gasteiger partial charge in [-0.05, 0) is 12.0 Å². The molecule has 2 atom stereocenters. The van der Waals surface area contributed by atoms with Crippen LogP contribution in [0.4, 0.5) is 0 Å². The molecule has 0 aliphatic heterocycles. The molecule has 0 bridgehead atoms. The topological polar surface area (TPSA) is 46.5 Å². The molecule has 1 N–H and O–H groups in total. The van der Waals surface area contributed by atoms with Gasteiger partial charge < -0.3 is 9.84 Å². The number of aliphatic hydroxyl groups is 1. The fourth-order valence-electron chi connectivity index (χ4n) is 1.80. The standard InChI is InChI=1S/C13H18O3/c1-3-7-11(12(14)13(15)16-2)10-8-5-4-6-9-10/h4-6,8-9,11-12,14H,3,7H2,1-2H3. The number of carbonyl (C=O) groups is 1. The molecule has 3 heteroatoms. The van der Waals surface area contributed by atoms with Gasteiger partial charge in [-0.25, -0.2) is 4.79 Å². The maximum atomic E-state index is 11.3. The lowest BCUT2D eigenvalue weighted by atomic mass is 9.89. The third-order valence-corrected chi connectivity index (χ3v) is 2.65. The second-order valence-electron chi connectivity index (χ2n) is 3.77. The minimum atomic E-state index is -1.08. The number of carbonyl (C=O) groups excluding carboxylic acids is 1. The molecule has 2 unspecified atom stereocenters. The summed E-state index contributed by atoms with van der Waals surface area (Å²) >= 11 is 0. The van der Waals surface area contributed by atoms with E-state index in [2.05, 4.69) is 4.74 Å². The molecule has 1 rings (SSSR count). The van der Waals surface area contributed by atoms with Crippen LogP contribution >= 0.6 is 0 Å². The minimum Gasteiger partial charge on any atom is -0.467 e. The molecule has 0 fully saturated rings. The summed E-state index contributed by atoms with van der Waals surface area (Å²) in [5.74, 6) is -0.749. The van der Waals surface area contributed by atoms with Crippen LogP contribution in [0.15, 0.2) is 30.3 Å². The van der Waals surface area contributed by atoms with Crippen molar-refractivity contribution in [2.45, 2.75) is 31.8 Å². The van der Waals surface area contributed by atoms with Crippen molar-refractivity contribution >= 4 is 5.97 Å². The van der Waals surface area contributed by atoms with Crippen LogP contribution < -0.4 is 0 Å². The molecular weight excluding hydrogens is 204 g/mol. The number of aliphatic hydroxyl groups excluding tert-OH is 1. The van der Waals surface area contributed by atoms with Gasteiger partial charge in [0.05, 0.1) is 7.11 Å². The first-order chi connectivity index (χ1) is 7.70. The summed E-state index contributed by atoms with van der Waals surface area (Å²) in [6, 6.07) is 9.57. The van der Waals surface area contributed by atoms with E-state index in [4.69, 9.17) is 0 Å². The van der Waals surface area contributed by atoms with Crippen molar-refractivity contribution in [3.05, 3.63) is 35.9 Å². The van der Waals surface area contributed by atoms with Crippen molar-refractivity contribution in [1.82, 2.24) is 0 Å². The Labute approximate surface area is 96.1 Å². The highest BCUT2D eigenvalue weighted by Crippen LogP contribution is 2.25. The molecule has 1 aromatic rings. The van der Waals surface area contributed by atoms with Crippen LogP contribution in [-0.4, -0.2) is 24.3 Å². The summed E-state index contributed by atoms with van der Waals surface area (Å²) in [6.07, 6.45) is 0.598. The van der Waals surface area contributed by atoms with Gasteiger partial charge in [0.15, 0.2) is 6.10 Å². The Kier molecular flexibility index (Phi) is 4.99. The molecule has 88 valence electrons. The zero-order chi connectivity index (χ0) is 12.0. The van der Waals surface area contributed by atoms with Crippen LogP contribution in [0, 0.1) is 0 Å². The van der Waals surface area contributed by atoms with Crippen molar-refractivity contribution in [2.75, 3.05) is 7.11 Å². The van der Waals surface area contributed by atoms with Crippen molar-refractivity contribution < 1.29 is 14.6 Å². The number of ether oxygens (including phenoxy) is 1. The van der Waals surface area contributed by atoms with E-state index >= 15 is 0 Å². The van der Waals surface area contributed by atoms with E-state index in [1.807, 2.05) is 37.3 Å². The number of rotatable bonds is 5. The van der Waals surface area contributed by atoms with E-state index in [1.54, 1.807) is 0 Å². The summed E-state index contributed by atoms with van der Waals surface area (Å²) in [4.78, 5) is 11.3. The molecule has 0 aromatic heterocycles. The molecule has 0 amide bonds. The van der Waals surface area contributed by atoms with Crippen molar-refractivity contribution in [3.63, 3.8) is 0 Å². The van der Waals surface area contributed by atoms with Crippen molar-refractivity contribution in [2.24, 2.45) is 0 Å². The highest BCUT2D eigenvalue weighted by molar-refractivity contribution is 5.75. The van der Waals surface area contributed by atoms with Crippen molar-refractivity contribution in [1.29, 1.82) is 0 Å². The monoisotopic (exact) mass is 222 g/mol. The lowest BCUT2D eigenvalue weighted by molar-refractivity contribution is -0.151. The van der Waals surface area contributed by atoms with Crippen LogP contribution in [0.5, 0.6) is 0 Å². The molecule has 0 aliphatic carbocycles. The first-order valence-electron chi connectivity index (χ1n) is 5.51. The zero-order valence-corrected chi connectivity index (χ0v) is 9.72. The Morgan fingerprint density at radius 3 is 2.50 bits per heavy atom. The smallest absolute Gasteiger partial charge is 0.335 e. The fraction of sp³-hybridized carbons (Fsp3) is 0.462. The average molecular weight is 222 g/mol. The first-order valence-corrected chi connectivity index (χ1v) is 5.51. The molecule has 1 aromatic carbocycles. The van der Waals surface area contributed by atoms with E-state index in [0.29, 0.717) is 0 Å². The van der Waals surface area contributed by atoms with Gasteiger partial charge >= 0.3 is 5.97 Å². The van der Waals surface area contributed by atoms with E-state index in [1.165, 1.54) is 7.11 Å². The number of hydrogen-bond acceptors (Lipinski definition) is 3. The Morgan fingerprint density at radius 1 is 1.38 bits per heavy atom. The van der Waals surface area contributed by atoms with Gasteiger partial charge in [-0.15, -0.1) is 0 Å². The number of hydrogen-bond donors (Lipinski definition) is 1. The highest BCUT2D eigenvalue weighted by atomic mass is 16.5. The fourth-order valence-corrected chi connectivity index (χ4v) is 1.80. The van der Waals surface area contributed by atoms with E-state index in [9.17, 15) is 9.90 Å². The summed E-state index contributed by atoms with van der Waals surface area (Å²) in [5, 5.41) is 9.89. The number of benzene rings is 1. The summed E-state index contributed by atoms with van der Waals surface area (Å²) in [5.41, 5.74) is 0.974. The molecule has 3 nitrogen and oxygen atoms in total. The van der Waals surface area contributed by atoms with Crippen LogP contribution in [0.3, 0.4) is 0 Å². The van der Waals surface area contributed by atoms with E-state index < -0.39 is 12.1 Å². The van der Waals surface area contributed by atoms with Gasteiger partial charge in [0.2, 0.25) is 0 Å². The van der Waals surface area contributed by atoms with Gasteiger partial charge in [0.25, 0.3) is 0 Å². The lowest BCUT2D eigenvalue weighted by Crippen LogP contribution is -2.29. The first kappa shape index (κ1) is 12.7. The van der Waals surface area contributed by atoms with Gasteiger partial charge in [-0.1, -0.05) is 43.7 Å². The maximum Gasteiger partial charge on any atom is 0.335 e. The van der Waals surface area contributed by atoms with Crippen LogP contribution in [0.1, 0.15) is 31.2 Å². The minimum absolute atomic E-state index is 0.182. The second kappa shape index (κ2) is 6.28. The SMILES string of the molecule is CCCC(c1ccccc1)C(O)C(=O)OC. The number of esters is 1. The lowest BCUT2D eigenvalue weighted by Gasteiger charge is -2.20. The Balaban J connectivity index is 2.86. The van der Waals surface area contributed by atoms with Crippen LogP contribution in [-0.2, 0) is 9.53 Å². The summed E-state index contributed by atoms with van der Waals surface area (Å²) < 4.78 is 4.57.